The molecule has 1 aromatic carbocycles. The first-order valence-electron chi connectivity index (χ1n) is 7.37. The van der Waals surface area contributed by atoms with E-state index in [1.807, 2.05) is 13.8 Å². The monoisotopic (exact) mass is 285 g/mol. The lowest BCUT2D eigenvalue weighted by molar-refractivity contribution is 0.232. The van der Waals surface area contributed by atoms with Crippen LogP contribution in [0.2, 0.25) is 0 Å². The van der Waals surface area contributed by atoms with Crippen LogP contribution in [0.1, 0.15) is 44.7 Å². The highest BCUT2D eigenvalue weighted by molar-refractivity contribution is 5.31. The third-order valence-electron chi connectivity index (χ3n) is 3.08. The molecular weight excluding hydrogens is 262 g/mol. The average molecular weight is 285 g/mol. The first-order chi connectivity index (χ1) is 10.0. The quantitative estimate of drug-likeness (QED) is 0.871. The van der Waals surface area contributed by atoms with Gasteiger partial charge in [0.15, 0.2) is 0 Å². The molecule has 0 spiro atoms. The lowest BCUT2D eigenvalue weighted by atomic mass is 10.0. The van der Waals surface area contributed by atoms with E-state index in [9.17, 15) is 0 Å². The van der Waals surface area contributed by atoms with Gasteiger partial charge in [0.2, 0.25) is 11.8 Å². The van der Waals surface area contributed by atoms with Crippen LogP contribution in [0.15, 0.2) is 36.5 Å². The highest BCUT2D eigenvalue weighted by Gasteiger charge is 2.03. The Balaban J connectivity index is 1.96. The Kier molecular flexibility index (Phi) is 5.14. The molecule has 2 aromatic rings. The van der Waals surface area contributed by atoms with Crippen LogP contribution in [0.25, 0.3) is 0 Å². The van der Waals surface area contributed by atoms with E-state index in [1.54, 1.807) is 12.3 Å². The van der Waals surface area contributed by atoms with E-state index in [-0.39, 0.29) is 6.10 Å². The Labute approximate surface area is 126 Å². The second-order valence-corrected chi connectivity index (χ2v) is 5.63. The Hall–Kier alpha value is -2.10. The minimum atomic E-state index is 0.108. The molecule has 21 heavy (non-hydrogen) atoms. The van der Waals surface area contributed by atoms with Crippen LogP contribution in [0, 0.1) is 0 Å². The molecular formula is C17H23N3O. The molecule has 4 nitrogen and oxygen atoms in total. The summed E-state index contributed by atoms with van der Waals surface area (Å²) in [7, 11) is 0. The number of hydrogen-bond donors (Lipinski definition) is 1. The maximum atomic E-state index is 5.56. The molecule has 2 rings (SSSR count). The number of hydrogen-bond acceptors (Lipinski definition) is 4. The Morgan fingerprint density at radius 2 is 1.76 bits per heavy atom. The fourth-order valence-electron chi connectivity index (χ4n) is 1.94. The maximum absolute atomic E-state index is 5.56. The second-order valence-electron chi connectivity index (χ2n) is 5.63. The Bertz CT molecular complexity index is 565. The van der Waals surface area contributed by atoms with Gasteiger partial charge in [0.1, 0.15) is 0 Å². The summed E-state index contributed by atoms with van der Waals surface area (Å²) in [6.07, 6.45) is 1.81. The summed E-state index contributed by atoms with van der Waals surface area (Å²) >= 11 is 0. The first-order valence-corrected chi connectivity index (χ1v) is 7.37. The zero-order valence-corrected chi connectivity index (χ0v) is 13.1. The molecule has 0 atom stereocenters. The molecule has 0 aliphatic rings. The smallest absolute Gasteiger partial charge is 0.226 e. The molecule has 1 aromatic heterocycles. The molecule has 0 radical (unpaired) electrons. The van der Waals surface area contributed by atoms with E-state index in [2.05, 4.69) is 53.4 Å². The van der Waals surface area contributed by atoms with E-state index < -0.39 is 0 Å². The number of nitrogens with zero attached hydrogens (tertiary/aromatic N) is 2. The topological polar surface area (TPSA) is 47.0 Å². The minimum Gasteiger partial charge on any atom is -0.475 e. The number of aromatic nitrogens is 2. The lowest BCUT2D eigenvalue weighted by Crippen LogP contribution is -2.09. The minimum absolute atomic E-state index is 0.108. The maximum Gasteiger partial charge on any atom is 0.226 e. The van der Waals surface area contributed by atoms with E-state index in [0.29, 0.717) is 24.3 Å². The third-order valence-corrected chi connectivity index (χ3v) is 3.08. The highest BCUT2D eigenvalue weighted by Crippen LogP contribution is 2.15. The van der Waals surface area contributed by atoms with Crippen molar-refractivity contribution in [2.75, 3.05) is 5.32 Å². The van der Waals surface area contributed by atoms with Gasteiger partial charge < -0.3 is 10.1 Å². The summed E-state index contributed by atoms with van der Waals surface area (Å²) in [6, 6.07) is 10.4. The van der Waals surface area contributed by atoms with Gasteiger partial charge in [-0.1, -0.05) is 38.1 Å². The van der Waals surface area contributed by atoms with Crippen LogP contribution in [-0.2, 0) is 6.54 Å². The van der Waals surface area contributed by atoms with Gasteiger partial charge in [-0.25, -0.2) is 4.98 Å². The first kappa shape index (κ1) is 15.3. The largest absolute Gasteiger partial charge is 0.475 e. The Morgan fingerprint density at radius 1 is 1.05 bits per heavy atom. The molecule has 0 bridgehead atoms. The van der Waals surface area contributed by atoms with Crippen molar-refractivity contribution in [3.63, 3.8) is 0 Å². The van der Waals surface area contributed by atoms with E-state index in [1.165, 1.54) is 11.1 Å². The number of rotatable bonds is 6. The molecule has 0 aliphatic carbocycles. The van der Waals surface area contributed by atoms with Crippen LogP contribution in [-0.4, -0.2) is 16.1 Å². The second kappa shape index (κ2) is 7.07. The van der Waals surface area contributed by atoms with E-state index >= 15 is 0 Å². The lowest BCUT2D eigenvalue weighted by Gasteiger charge is -2.10. The molecule has 1 heterocycles. The van der Waals surface area contributed by atoms with Gasteiger partial charge in [-0.05, 0) is 30.9 Å². The van der Waals surface area contributed by atoms with Crippen molar-refractivity contribution in [1.82, 2.24) is 9.97 Å². The zero-order valence-electron chi connectivity index (χ0n) is 13.1. The van der Waals surface area contributed by atoms with Crippen molar-refractivity contribution in [3.8, 4) is 5.88 Å². The molecule has 0 saturated heterocycles. The fraction of sp³-hybridized carbons (Fsp3) is 0.412. The van der Waals surface area contributed by atoms with Gasteiger partial charge in [-0.3, -0.25) is 0 Å². The van der Waals surface area contributed by atoms with Crippen molar-refractivity contribution in [1.29, 1.82) is 0 Å². The van der Waals surface area contributed by atoms with Gasteiger partial charge in [0.25, 0.3) is 0 Å². The predicted octanol–water partition coefficient (Wildman–Crippen LogP) is 4.00. The molecule has 0 aliphatic heterocycles. The molecule has 4 heteroatoms. The van der Waals surface area contributed by atoms with E-state index in [0.717, 1.165) is 0 Å². The van der Waals surface area contributed by atoms with Gasteiger partial charge in [0.05, 0.1) is 6.10 Å². The molecule has 0 amide bonds. The predicted molar refractivity (Wildman–Crippen MR) is 85.7 cm³/mol. The Morgan fingerprint density at radius 3 is 2.38 bits per heavy atom. The fourth-order valence-corrected chi connectivity index (χ4v) is 1.94. The molecule has 112 valence electrons. The van der Waals surface area contributed by atoms with Crippen molar-refractivity contribution in [3.05, 3.63) is 47.7 Å². The molecule has 0 fully saturated rings. The zero-order chi connectivity index (χ0) is 15.2. The van der Waals surface area contributed by atoms with Crippen LogP contribution < -0.4 is 10.1 Å². The van der Waals surface area contributed by atoms with E-state index in [4.69, 9.17) is 4.74 Å². The number of anilines is 1. The summed E-state index contributed by atoms with van der Waals surface area (Å²) in [6.45, 7) is 9.04. The summed E-state index contributed by atoms with van der Waals surface area (Å²) in [5.74, 6) is 1.74. The van der Waals surface area contributed by atoms with Crippen molar-refractivity contribution >= 4 is 5.95 Å². The van der Waals surface area contributed by atoms with Crippen molar-refractivity contribution < 1.29 is 4.74 Å². The average Bonchev–Trinajstić information content (AvgIpc) is 2.45. The number of benzene rings is 1. The van der Waals surface area contributed by atoms with Crippen LogP contribution >= 0.6 is 0 Å². The highest BCUT2D eigenvalue weighted by atomic mass is 16.5. The standard InChI is InChI=1S/C17H23N3O/c1-12(2)15-7-5-14(6-8-15)11-19-17-18-10-9-16(20-17)21-13(3)4/h5-10,12-13H,11H2,1-4H3,(H,18,19,20). The summed E-state index contributed by atoms with van der Waals surface area (Å²) in [5, 5.41) is 3.22. The van der Waals surface area contributed by atoms with Crippen LogP contribution in [0.3, 0.4) is 0 Å². The van der Waals surface area contributed by atoms with Crippen LogP contribution in [0.4, 0.5) is 5.95 Å². The summed E-state index contributed by atoms with van der Waals surface area (Å²) < 4.78 is 5.56. The van der Waals surface area contributed by atoms with Crippen LogP contribution in [0.5, 0.6) is 5.88 Å². The molecule has 1 N–H and O–H groups in total. The van der Waals surface area contributed by atoms with Gasteiger partial charge in [0, 0.05) is 18.8 Å². The third kappa shape index (κ3) is 4.74. The van der Waals surface area contributed by atoms with Gasteiger partial charge >= 0.3 is 0 Å². The van der Waals surface area contributed by atoms with Gasteiger partial charge in [-0.15, -0.1) is 0 Å². The van der Waals surface area contributed by atoms with Gasteiger partial charge in [-0.2, -0.15) is 4.98 Å². The molecule has 0 saturated carbocycles. The summed E-state index contributed by atoms with van der Waals surface area (Å²) in [4.78, 5) is 8.53. The number of ether oxygens (including phenoxy) is 1. The van der Waals surface area contributed by atoms with Crippen molar-refractivity contribution in [2.45, 2.75) is 46.3 Å². The normalized spacial score (nSPS) is 11.0. The number of nitrogens with one attached hydrogen (secondary N) is 1. The molecule has 0 unspecified atom stereocenters. The summed E-state index contributed by atoms with van der Waals surface area (Å²) in [5.41, 5.74) is 2.56. The SMILES string of the molecule is CC(C)Oc1ccnc(NCc2ccc(C(C)C)cc2)n1. The van der Waals surface area contributed by atoms with Crippen molar-refractivity contribution in [2.24, 2.45) is 0 Å².